The van der Waals surface area contributed by atoms with Crippen molar-refractivity contribution < 1.29 is 14.6 Å². The number of ether oxygens (including phenoxy) is 1. The number of halogens is 1. The molecule has 0 radical (unpaired) electrons. The molecular formula is C23H27ClN2O3. The van der Waals surface area contributed by atoms with Gasteiger partial charge in [-0.05, 0) is 68.5 Å². The Morgan fingerprint density at radius 2 is 2.17 bits per heavy atom. The first-order chi connectivity index (χ1) is 14.0. The van der Waals surface area contributed by atoms with Gasteiger partial charge in [0.05, 0.1) is 11.1 Å². The molecule has 2 N–H and O–H groups in total. The Bertz CT molecular complexity index is 914. The number of likely N-dealkylation sites (tertiary alicyclic amines) is 1. The molecule has 3 unspecified atom stereocenters. The van der Waals surface area contributed by atoms with E-state index in [-0.39, 0.29) is 34.2 Å². The zero-order valence-electron chi connectivity index (χ0n) is 16.5. The van der Waals surface area contributed by atoms with E-state index in [2.05, 4.69) is 22.9 Å². The fourth-order valence-corrected chi connectivity index (χ4v) is 6.93. The van der Waals surface area contributed by atoms with Gasteiger partial charge in [0.2, 0.25) is 0 Å². The number of phenolic OH excluding ortho intramolecular Hbond substituents is 1. The molecule has 0 aromatic heterocycles. The van der Waals surface area contributed by atoms with Gasteiger partial charge in [-0.3, -0.25) is 9.69 Å². The number of hydrogen-bond acceptors (Lipinski definition) is 4. The summed E-state index contributed by atoms with van der Waals surface area (Å²) in [7, 11) is 0. The quantitative estimate of drug-likeness (QED) is 0.743. The van der Waals surface area contributed by atoms with E-state index in [4.69, 9.17) is 16.3 Å². The first-order valence-electron chi connectivity index (χ1n) is 10.9. The van der Waals surface area contributed by atoms with Gasteiger partial charge >= 0.3 is 0 Å². The minimum absolute atomic E-state index is 0.00412. The van der Waals surface area contributed by atoms with Crippen molar-refractivity contribution in [3.05, 3.63) is 34.9 Å². The van der Waals surface area contributed by atoms with Gasteiger partial charge < -0.3 is 15.2 Å². The Morgan fingerprint density at radius 1 is 1.34 bits per heavy atom. The van der Waals surface area contributed by atoms with Crippen LogP contribution >= 0.6 is 11.6 Å². The molecule has 6 heteroatoms. The molecule has 3 aliphatic carbocycles. The molecule has 1 spiro atoms. The average molecular weight is 415 g/mol. The van der Waals surface area contributed by atoms with Gasteiger partial charge in [-0.25, -0.2) is 0 Å². The number of piperidine rings is 1. The van der Waals surface area contributed by atoms with Crippen LogP contribution in [-0.2, 0) is 16.6 Å². The molecule has 1 aromatic carbocycles. The molecule has 5 aliphatic rings. The number of amides is 1. The Hall–Kier alpha value is -1.72. The lowest BCUT2D eigenvalue weighted by molar-refractivity contribution is -0.120. The number of aromatic hydroxyl groups is 1. The first-order valence-corrected chi connectivity index (χ1v) is 11.3. The molecule has 154 valence electrons. The van der Waals surface area contributed by atoms with E-state index in [9.17, 15) is 9.90 Å². The van der Waals surface area contributed by atoms with Crippen LogP contribution in [0.4, 0.5) is 0 Å². The zero-order chi connectivity index (χ0) is 19.9. The van der Waals surface area contributed by atoms with Crippen LogP contribution in [0.5, 0.6) is 11.5 Å². The molecule has 1 saturated heterocycles. The maximum absolute atomic E-state index is 12.3. The Kier molecular flexibility index (Phi) is 3.83. The summed E-state index contributed by atoms with van der Waals surface area (Å²) in [5, 5.41) is 13.7. The van der Waals surface area contributed by atoms with Crippen molar-refractivity contribution in [1.82, 2.24) is 10.2 Å². The smallest absolute Gasteiger partial charge is 0.262 e. The number of rotatable bonds is 4. The normalized spacial score (nSPS) is 36.9. The highest BCUT2D eigenvalue weighted by molar-refractivity contribution is 6.41. The molecule has 1 aromatic rings. The van der Waals surface area contributed by atoms with Crippen molar-refractivity contribution in [3.8, 4) is 11.5 Å². The third kappa shape index (κ3) is 2.46. The first kappa shape index (κ1) is 18.1. The Balaban J connectivity index is 1.43. The summed E-state index contributed by atoms with van der Waals surface area (Å²) in [6.07, 6.45) is 6.56. The highest BCUT2D eigenvalue weighted by Gasteiger charge is 2.66. The van der Waals surface area contributed by atoms with E-state index in [1.54, 1.807) is 6.07 Å². The van der Waals surface area contributed by atoms with Crippen molar-refractivity contribution in [3.63, 3.8) is 0 Å². The topological polar surface area (TPSA) is 61.8 Å². The molecule has 1 amide bonds. The second-order valence-corrected chi connectivity index (χ2v) is 10.1. The van der Waals surface area contributed by atoms with Crippen LogP contribution in [0.3, 0.4) is 0 Å². The van der Waals surface area contributed by atoms with Crippen LogP contribution in [0.1, 0.15) is 43.2 Å². The number of benzene rings is 1. The molecule has 2 aliphatic heterocycles. The number of hydrogen-bond donors (Lipinski definition) is 2. The van der Waals surface area contributed by atoms with Gasteiger partial charge in [0.1, 0.15) is 6.10 Å². The minimum Gasteiger partial charge on any atom is -0.504 e. The maximum Gasteiger partial charge on any atom is 0.262 e. The Morgan fingerprint density at radius 3 is 2.93 bits per heavy atom. The van der Waals surface area contributed by atoms with Crippen LogP contribution < -0.4 is 10.1 Å². The summed E-state index contributed by atoms with van der Waals surface area (Å²) < 4.78 is 6.48. The maximum atomic E-state index is 12.3. The van der Waals surface area contributed by atoms with Crippen molar-refractivity contribution >= 4 is 17.5 Å². The Labute approximate surface area is 176 Å². The van der Waals surface area contributed by atoms with Gasteiger partial charge in [0, 0.05) is 23.6 Å². The lowest BCUT2D eigenvalue weighted by Crippen LogP contribution is -2.69. The van der Waals surface area contributed by atoms with E-state index in [0.717, 1.165) is 38.1 Å². The molecule has 2 saturated carbocycles. The van der Waals surface area contributed by atoms with Crippen molar-refractivity contribution in [2.45, 2.75) is 62.1 Å². The van der Waals surface area contributed by atoms with E-state index in [1.807, 2.05) is 0 Å². The lowest BCUT2D eigenvalue weighted by Gasteiger charge is -2.59. The second-order valence-electron chi connectivity index (χ2n) is 9.66. The number of phenols is 1. The molecule has 5 atom stereocenters. The highest BCUT2D eigenvalue weighted by atomic mass is 35.5. The fraction of sp³-hybridized carbons (Fsp3) is 0.609. The number of nitrogens with one attached hydrogen (secondary N) is 1. The van der Waals surface area contributed by atoms with E-state index < -0.39 is 0 Å². The average Bonchev–Trinajstić information content (AvgIpc) is 3.44. The molecule has 2 bridgehead atoms. The predicted molar refractivity (Wildman–Crippen MR) is 110 cm³/mol. The van der Waals surface area contributed by atoms with E-state index >= 15 is 0 Å². The van der Waals surface area contributed by atoms with E-state index in [1.165, 1.54) is 30.5 Å². The lowest BCUT2D eigenvalue weighted by atomic mass is 9.51. The van der Waals surface area contributed by atoms with Gasteiger partial charge in [-0.1, -0.05) is 24.2 Å². The van der Waals surface area contributed by atoms with Crippen LogP contribution in [0, 0.1) is 11.8 Å². The van der Waals surface area contributed by atoms with Gasteiger partial charge in [0.25, 0.3) is 5.91 Å². The molecule has 5 nitrogen and oxygen atoms in total. The summed E-state index contributed by atoms with van der Waals surface area (Å²) in [5.41, 5.74) is 2.41. The van der Waals surface area contributed by atoms with Crippen LogP contribution in [0.2, 0.25) is 0 Å². The number of nitrogens with zero attached hydrogens (tertiary/aromatic N) is 1. The molecule has 3 fully saturated rings. The molecule has 29 heavy (non-hydrogen) atoms. The van der Waals surface area contributed by atoms with Crippen molar-refractivity contribution in [1.29, 1.82) is 0 Å². The summed E-state index contributed by atoms with van der Waals surface area (Å²) in [6, 6.07) is 4.27. The SMILES string of the molecule is C=C(Cl)C(=O)N[C@@H]1CCC2C3Cc4ccc(O)c5c4C2(CCN3CC2CC2)[C@H]1O5. The van der Waals surface area contributed by atoms with Crippen molar-refractivity contribution in [2.24, 2.45) is 11.8 Å². The van der Waals surface area contributed by atoms with Crippen molar-refractivity contribution in [2.75, 3.05) is 13.1 Å². The summed E-state index contributed by atoms with van der Waals surface area (Å²) in [6.45, 7) is 5.85. The van der Waals surface area contributed by atoms with Crippen LogP contribution in [0.15, 0.2) is 23.7 Å². The minimum atomic E-state index is -0.325. The van der Waals surface area contributed by atoms with Crippen LogP contribution in [-0.4, -0.2) is 47.2 Å². The number of carbonyl (C=O) groups is 1. The second kappa shape index (κ2) is 6.14. The monoisotopic (exact) mass is 414 g/mol. The summed E-state index contributed by atoms with van der Waals surface area (Å²) >= 11 is 5.85. The largest absolute Gasteiger partial charge is 0.504 e. The third-order valence-electron chi connectivity index (χ3n) is 8.18. The standard InChI is InChI=1S/C23H27ClN2O3/c1-12(24)22(28)25-16-6-5-15-17-10-14-4-7-18(27)20-19(14)23(15,21(16)29-20)8-9-26(17)11-13-2-3-13/h4,7,13,15-17,21,27H,1-3,5-6,8-11H2,(H,25,28)/t15?,16-,17?,21+,23?/m1/s1. The molecular weight excluding hydrogens is 388 g/mol. The summed E-state index contributed by atoms with van der Waals surface area (Å²) in [4.78, 5) is 15.0. The van der Waals surface area contributed by atoms with Gasteiger partial charge in [-0.2, -0.15) is 0 Å². The predicted octanol–water partition coefficient (Wildman–Crippen LogP) is 3.08. The van der Waals surface area contributed by atoms with E-state index in [0.29, 0.717) is 17.7 Å². The zero-order valence-corrected chi connectivity index (χ0v) is 17.3. The van der Waals surface area contributed by atoms with Gasteiger partial charge in [-0.15, -0.1) is 0 Å². The fourth-order valence-electron chi connectivity index (χ4n) is 6.88. The summed E-state index contributed by atoms with van der Waals surface area (Å²) in [5.74, 6) is 1.92. The highest BCUT2D eigenvalue weighted by Crippen LogP contribution is 2.64. The number of carbonyl (C=O) groups excluding carboxylic acids is 1. The van der Waals surface area contributed by atoms with Crippen LogP contribution in [0.25, 0.3) is 0 Å². The third-order valence-corrected chi connectivity index (χ3v) is 8.36. The molecule has 2 heterocycles. The van der Waals surface area contributed by atoms with Gasteiger partial charge in [0.15, 0.2) is 11.5 Å². The molecule has 6 rings (SSSR count).